The molecule has 0 aromatic heterocycles. The van der Waals surface area contributed by atoms with Gasteiger partial charge in [-0.2, -0.15) is 0 Å². The molecular weight excluding hydrogens is 469 g/mol. The Hall–Kier alpha value is -3.95. The van der Waals surface area contributed by atoms with Gasteiger partial charge in [0.05, 0.1) is 30.6 Å². The van der Waals surface area contributed by atoms with E-state index in [1.165, 1.54) is 17.7 Å². The third-order valence-electron chi connectivity index (χ3n) is 5.69. The van der Waals surface area contributed by atoms with Gasteiger partial charge in [0.25, 0.3) is 0 Å². The number of nitrogens with one attached hydrogen (secondary N) is 1. The van der Waals surface area contributed by atoms with Gasteiger partial charge < -0.3 is 14.8 Å². The van der Waals surface area contributed by atoms with E-state index in [4.69, 9.17) is 9.47 Å². The van der Waals surface area contributed by atoms with E-state index in [1.807, 2.05) is 66.7 Å². The van der Waals surface area contributed by atoms with Gasteiger partial charge >= 0.3 is 11.9 Å². The highest BCUT2D eigenvalue weighted by Gasteiger charge is 2.30. The fourth-order valence-electron chi connectivity index (χ4n) is 4.01. The van der Waals surface area contributed by atoms with Crippen LogP contribution in [-0.2, 0) is 9.47 Å². The lowest BCUT2D eigenvalue weighted by Gasteiger charge is -2.31. The van der Waals surface area contributed by atoms with E-state index in [2.05, 4.69) is 29.6 Å². The average Bonchev–Trinajstić information content (AvgIpc) is 2.94. The Kier molecular flexibility index (Phi) is 8.48. The molecule has 4 rings (SSSR count). The molecule has 0 spiro atoms. The van der Waals surface area contributed by atoms with Crippen LogP contribution in [0.15, 0.2) is 109 Å². The topological polar surface area (TPSA) is 64.6 Å². The highest BCUT2D eigenvalue weighted by Crippen LogP contribution is 2.50. The Bertz CT molecular complexity index is 1250. The molecule has 0 fully saturated rings. The molecule has 0 aliphatic carbocycles. The third-order valence-corrected chi connectivity index (χ3v) is 8.32. The van der Waals surface area contributed by atoms with Crippen molar-refractivity contribution in [1.82, 2.24) is 0 Å². The fraction of sp³-hybridized carbons (Fsp3) is 0.133. The molecule has 36 heavy (non-hydrogen) atoms. The number of rotatable bonds is 9. The Labute approximate surface area is 212 Å². The number of carbonyl (C=O) groups excluding carboxylic acids is 2. The van der Waals surface area contributed by atoms with Crippen LogP contribution in [0.25, 0.3) is 0 Å². The molecule has 5 nitrogen and oxygen atoms in total. The zero-order chi connectivity index (χ0) is 25.3. The maximum atomic E-state index is 12.8. The first-order valence-corrected chi connectivity index (χ1v) is 13.1. The van der Waals surface area contributed by atoms with Gasteiger partial charge in [0, 0.05) is 5.69 Å². The second-order valence-electron chi connectivity index (χ2n) is 7.96. The van der Waals surface area contributed by atoms with Gasteiger partial charge in [-0.1, -0.05) is 78.9 Å². The van der Waals surface area contributed by atoms with Crippen molar-refractivity contribution in [3.05, 3.63) is 126 Å². The summed E-state index contributed by atoms with van der Waals surface area (Å²) in [4.78, 5) is 24.9. The molecule has 0 bridgehead atoms. The van der Waals surface area contributed by atoms with Crippen LogP contribution in [-0.4, -0.2) is 25.7 Å². The third kappa shape index (κ3) is 5.81. The van der Waals surface area contributed by atoms with Crippen LogP contribution >= 0.6 is 7.92 Å². The Balaban J connectivity index is 1.84. The average molecular weight is 498 g/mol. The molecule has 1 unspecified atom stereocenters. The molecule has 0 aliphatic rings. The summed E-state index contributed by atoms with van der Waals surface area (Å²) in [7, 11) is 0.399. The summed E-state index contributed by atoms with van der Waals surface area (Å²) in [6.45, 7) is 2.11. The van der Waals surface area contributed by atoms with Crippen LogP contribution in [0.2, 0.25) is 0 Å². The second-order valence-corrected chi connectivity index (χ2v) is 10.3. The van der Waals surface area contributed by atoms with Gasteiger partial charge in [0.1, 0.15) is 0 Å². The number of methoxy groups -OCH3 is 1. The molecule has 0 saturated heterocycles. The van der Waals surface area contributed by atoms with Crippen LogP contribution in [0, 0.1) is 0 Å². The van der Waals surface area contributed by atoms with Crippen molar-refractivity contribution >= 4 is 36.2 Å². The van der Waals surface area contributed by atoms with Crippen molar-refractivity contribution in [2.75, 3.05) is 19.0 Å². The number of hydrogen-bond acceptors (Lipinski definition) is 5. The predicted octanol–water partition coefficient (Wildman–Crippen LogP) is 5.89. The monoisotopic (exact) mass is 497 g/mol. The minimum atomic E-state index is -0.997. The first kappa shape index (κ1) is 25.2. The lowest BCUT2D eigenvalue weighted by atomic mass is 10.1. The highest BCUT2D eigenvalue weighted by molar-refractivity contribution is 7.73. The number of carbonyl (C=O) groups is 2. The van der Waals surface area contributed by atoms with Crippen LogP contribution in [0.5, 0.6) is 0 Å². The quantitative estimate of drug-likeness (QED) is 0.231. The summed E-state index contributed by atoms with van der Waals surface area (Å²) >= 11 is 0. The molecule has 1 N–H and O–H groups in total. The Morgan fingerprint density at radius 3 is 1.86 bits per heavy atom. The van der Waals surface area contributed by atoms with Crippen LogP contribution in [0.4, 0.5) is 5.69 Å². The molecule has 4 aromatic carbocycles. The summed E-state index contributed by atoms with van der Waals surface area (Å²) in [6, 6.07) is 35.4. The first-order chi connectivity index (χ1) is 17.6. The van der Waals surface area contributed by atoms with Crippen LogP contribution in [0.3, 0.4) is 0 Å². The van der Waals surface area contributed by atoms with Gasteiger partial charge in [-0.3, -0.25) is 0 Å². The van der Waals surface area contributed by atoms with E-state index >= 15 is 0 Å². The van der Waals surface area contributed by atoms with Gasteiger partial charge in [0.15, 0.2) is 0 Å². The second kappa shape index (κ2) is 12.1. The largest absolute Gasteiger partial charge is 0.465 e. The molecule has 0 saturated carbocycles. The predicted molar refractivity (Wildman–Crippen MR) is 146 cm³/mol. The zero-order valence-corrected chi connectivity index (χ0v) is 21.2. The van der Waals surface area contributed by atoms with Crippen molar-refractivity contribution in [3.8, 4) is 0 Å². The molecule has 0 heterocycles. The molecule has 0 aliphatic heterocycles. The molecule has 0 amide bonds. The maximum Gasteiger partial charge on any atom is 0.338 e. The zero-order valence-electron chi connectivity index (χ0n) is 20.3. The van der Waals surface area contributed by atoms with E-state index < -0.39 is 7.92 Å². The summed E-state index contributed by atoms with van der Waals surface area (Å²) in [6.07, 6.45) is 0. The first-order valence-electron chi connectivity index (χ1n) is 11.7. The van der Waals surface area contributed by atoms with E-state index in [9.17, 15) is 9.59 Å². The van der Waals surface area contributed by atoms with Gasteiger partial charge in [-0.15, -0.1) is 0 Å². The van der Waals surface area contributed by atoms with Crippen LogP contribution in [0.1, 0.15) is 39.0 Å². The molecular formula is C30H28NO4P. The lowest BCUT2D eigenvalue weighted by Crippen LogP contribution is -2.24. The van der Waals surface area contributed by atoms with E-state index in [0.717, 1.165) is 11.3 Å². The molecule has 6 heteroatoms. The standard InChI is InChI=1S/C30H28NO4P/c1-3-35-29(32)22-18-20-23(21-19-22)31-28(26-16-10-11-17-27(26)30(33)34-2)36(24-12-6-4-7-13-24)25-14-8-5-9-15-25/h4-21,28,31H,3H2,1-2H3. The highest BCUT2D eigenvalue weighted by atomic mass is 31.1. The van der Waals surface area contributed by atoms with Gasteiger partial charge in [-0.05, 0) is 61.3 Å². The number of anilines is 1. The molecule has 1 atom stereocenters. The minimum absolute atomic E-state index is 0.256. The minimum Gasteiger partial charge on any atom is -0.465 e. The fourth-order valence-corrected chi connectivity index (χ4v) is 6.67. The number of ether oxygens (including phenoxy) is 2. The van der Waals surface area contributed by atoms with Crippen molar-refractivity contribution < 1.29 is 19.1 Å². The Morgan fingerprint density at radius 1 is 0.750 bits per heavy atom. The van der Waals surface area contributed by atoms with Crippen molar-refractivity contribution in [2.24, 2.45) is 0 Å². The number of esters is 2. The normalized spacial score (nSPS) is 11.5. The van der Waals surface area contributed by atoms with E-state index in [0.29, 0.717) is 17.7 Å². The number of benzene rings is 4. The van der Waals surface area contributed by atoms with E-state index in [-0.39, 0.29) is 17.7 Å². The van der Waals surface area contributed by atoms with Crippen molar-refractivity contribution in [1.29, 1.82) is 0 Å². The Morgan fingerprint density at radius 2 is 1.31 bits per heavy atom. The summed E-state index contributed by atoms with van der Waals surface area (Å²) in [5.41, 5.74) is 2.67. The number of hydrogen-bond donors (Lipinski definition) is 1. The van der Waals surface area contributed by atoms with Crippen molar-refractivity contribution in [3.63, 3.8) is 0 Å². The van der Waals surface area contributed by atoms with Gasteiger partial charge in [0.2, 0.25) is 0 Å². The van der Waals surface area contributed by atoms with Gasteiger partial charge in [-0.25, -0.2) is 9.59 Å². The SMILES string of the molecule is CCOC(=O)c1ccc(NC(c2ccccc2C(=O)OC)P(c2ccccc2)c2ccccc2)cc1. The lowest BCUT2D eigenvalue weighted by molar-refractivity contribution is 0.0525. The molecule has 0 radical (unpaired) electrons. The smallest absolute Gasteiger partial charge is 0.338 e. The summed E-state index contributed by atoms with van der Waals surface area (Å²) in [5, 5.41) is 6.01. The van der Waals surface area contributed by atoms with Crippen molar-refractivity contribution in [2.45, 2.75) is 12.7 Å². The van der Waals surface area contributed by atoms with Crippen LogP contribution < -0.4 is 15.9 Å². The molecule has 182 valence electrons. The van der Waals surface area contributed by atoms with E-state index in [1.54, 1.807) is 25.1 Å². The maximum absolute atomic E-state index is 12.8. The summed E-state index contributed by atoms with van der Waals surface area (Å²) < 4.78 is 10.2. The summed E-state index contributed by atoms with van der Waals surface area (Å²) in [5.74, 6) is -0.993. The molecule has 4 aromatic rings.